The summed E-state index contributed by atoms with van der Waals surface area (Å²) in [5.41, 5.74) is 5.45. The summed E-state index contributed by atoms with van der Waals surface area (Å²) in [5, 5.41) is 11.3. The molecule has 0 bridgehead atoms. The van der Waals surface area contributed by atoms with Gasteiger partial charge >= 0.3 is 5.97 Å². The van der Waals surface area contributed by atoms with Crippen LogP contribution in [0.15, 0.2) is 0 Å². The van der Waals surface area contributed by atoms with E-state index in [4.69, 9.17) is 10.8 Å². The van der Waals surface area contributed by atoms with E-state index in [1.54, 1.807) is 0 Å². The molecule has 0 heterocycles. The maximum atomic E-state index is 11.5. The first kappa shape index (κ1) is 12.0. The molecule has 1 saturated carbocycles. The molecule has 1 rings (SSSR count). The predicted octanol–water partition coefficient (Wildman–Crippen LogP) is 0.0932. The largest absolute Gasteiger partial charge is 0.481 e. The van der Waals surface area contributed by atoms with E-state index in [9.17, 15) is 9.59 Å². The molecule has 0 radical (unpaired) electrons. The number of hydrogen-bond donors (Lipinski definition) is 3. The molecule has 86 valence electrons. The first-order valence-electron chi connectivity index (χ1n) is 5.28. The second-order valence-electron chi connectivity index (χ2n) is 4.23. The van der Waals surface area contributed by atoms with Crippen LogP contribution in [0.25, 0.3) is 0 Å². The van der Waals surface area contributed by atoms with Crippen molar-refractivity contribution in [1.82, 2.24) is 5.32 Å². The molecule has 15 heavy (non-hydrogen) atoms. The van der Waals surface area contributed by atoms with E-state index in [2.05, 4.69) is 12.2 Å². The van der Waals surface area contributed by atoms with Gasteiger partial charge < -0.3 is 16.2 Å². The number of carbonyl (C=O) groups excluding carboxylic acids is 1. The van der Waals surface area contributed by atoms with Gasteiger partial charge in [0.05, 0.1) is 12.5 Å². The number of amides is 1. The summed E-state index contributed by atoms with van der Waals surface area (Å²) in [6.45, 7) is 2.08. The van der Waals surface area contributed by atoms with Crippen molar-refractivity contribution in [3.8, 4) is 0 Å². The van der Waals surface area contributed by atoms with Crippen molar-refractivity contribution in [2.45, 2.75) is 44.7 Å². The molecule has 1 amide bonds. The third-order valence-electron chi connectivity index (χ3n) is 2.92. The Morgan fingerprint density at radius 2 is 2.20 bits per heavy atom. The van der Waals surface area contributed by atoms with Crippen LogP contribution in [0.4, 0.5) is 0 Å². The molecule has 0 aromatic heterocycles. The zero-order valence-corrected chi connectivity index (χ0v) is 8.90. The highest BCUT2D eigenvalue weighted by Gasteiger charge is 2.27. The van der Waals surface area contributed by atoms with Crippen molar-refractivity contribution in [1.29, 1.82) is 0 Å². The smallest absolute Gasteiger partial charge is 0.305 e. The number of nitrogens with two attached hydrogens (primary N) is 1. The van der Waals surface area contributed by atoms with E-state index in [1.807, 2.05) is 0 Å². The lowest BCUT2D eigenvalue weighted by Crippen LogP contribution is -2.47. The minimum Gasteiger partial charge on any atom is -0.481 e. The van der Waals surface area contributed by atoms with Crippen LogP contribution >= 0.6 is 0 Å². The molecule has 0 aromatic carbocycles. The maximum absolute atomic E-state index is 11.5. The normalized spacial score (nSPS) is 27.3. The molecule has 5 heteroatoms. The average molecular weight is 214 g/mol. The number of rotatable bonds is 4. The average Bonchev–Trinajstić information content (AvgIpc) is 2.50. The van der Waals surface area contributed by atoms with E-state index in [-0.39, 0.29) is 18.4 Å². The third-order valence-corrected chi connectivity index (χ3v) is 2.92. The zero-order chi connectivity index (χ0) is 11.4. The third kappa shape index (κ3) is 3.51. The topological polar surface area (TPSA) is 92.4 Å². The Morgan fingerprint density at radius 3 is 2.67 bits per heavy atom. The standard InChI is InChI=1S/C10H18N2O3/c1-6-3-2-4-8(6)12-10(15)7(11)5-9(13)14/h6-8H,2-5,11H2,1H3,(H,12,15)(H,13,14). The highest BCUT2D eigenvalue weighted by Crippen LogP contribution is 2.24. The fourth-order valence-corrected chi connectivity index (χ4v) is 1.93. The molecule has 4 N–H and O–H groups in total. The Balaban J connectivity index is 2.37. The van der Waals surface area contributed by atoms with Crippen molar-refractivity contribution in [2.24, 2.45) is 11.7 Å². The number of carboxylic acid groups (broad SMARTS) is 1. The molecule has 0 saturated heterocycles. The summed E-state index contributed by atoms with van der Waals surface area (Å²) in [5.74, 6) is -0.931. The van der Waals surface area contributed by atoms with E-state index < -0.39 is 12.0 Å². The van der Waals surface area contributed by atoms with Crippen LogP contribution in [-0.2, 0) is 9.59 Å². The fourth-order valence-electron chi connectivity index (χ4n) is 1.93. The quantitative estimate of drug-likeness (QED) is 0.618. The molecule has 3 unspecified atom stereocenters. The summed E-state index contributed by atoms with van der Waals surface area (Å²) < 4.78 is 0. The number of nitrogens with one attached hydrogen (secondary N) is 1. The van der Waals surface area contributed by atoms with E-state index in [0.717, 1.165) is 19.3 Å². The summed E-state index contributed by atoms with van der Waals surface area (Å²) in [6, 6.07) is -0.771. The molecule has 1 fully saturated rings. The minimum atomic E-state index is -1.04. The van der Waals surface area contributed by atoms with Gasteiger partial charge in [0.25, 0.3) is 0 Å². The van der Waals surface area contributed by atoms with Crippen molar-refractivity contribution >= 4 is 11.9 Å². The monoisotopic (exact) mass is 214 g/mol. The summed E-state index contributed by atoms with van der Waals surface area (Å²) >= 11 is 0. The van der Waals surface area contributed by atoms with Crippen LogP contribution in [-0.4, -0.2) is 29.1 Å². The van der Waals surface area contributed by atoms with Gasteiger partial charge in [0.15, 0.2) is 0 Å². The maximum Gasteiger partial charge on any atom is 0.305 e. The predicted molar refractivity (Wildman–Crippen MR) is 55.2 cm³/mol. The molecule has 1 aliphatic rings. The Labute approximate surface area is 89.0 Å². The van der Waals surface area contributed by atoms with Crippen LogP contribution in [0.5, 0.6) is 0 Å². The van der Waals surface area contributed by atoms with E-state index >= 15 is 0 Å². The highest BCUT2D eigenvalue weighted by molar-refractivity contribution is 5.86. The van der Waals surface area contributed by atoms with Gasteiger partial charge in [-0.15, -0.1) is 0 Å². The van der Waals surface area contributed by atoms with Crippen LogP contribution in [0.2, 0.25) is 0 Å². The number of aliphatic carboxylic acids is 1. The van der Waals surface area contributed by atoms with E-state index in [0.29, 0.717) is 5.92 Å². The van der Waals surface area contributed by atoms with Crippen LogP contribution in [0, 0.1) is 5.92 Å². The first-order chi connectivity index (χ1) is 7.00. The summed E-state index contributed by atoms with van der Waals surface area (Å²) in [4.78, 5) is 21.8. The van der Waals surface area contributed by atoms with Gasteiger partial charge in [-0.3, -0.25) is 9.59 Å². The Kier molecular flexibility index (Phi) is 4.08. The molecule has 0 spiro atoms. The Morgan fingerprint density at radius 1 is 1.53 bits per heavy atom. The fraction of sp³-hybridized carbons (Fsp3) is 0.800. The van der Waals surface area contributed by atoms with Gasteiger partial charge in [0, 0.05) is 6.04 Å². The van der Waals surface area contributed by atoms with Gasteiger partial charge in [0.1, 0.15) is 0 Å². The molecule has 0 aliphatic heterocycles. The van der Waals surface area contributed by atoms with Crippen LogP contribution < -0.4 is 11.1 Å². The van der Waals surface area contributed by atoms with Crippen molar-refractivity contribution in [2.75, 3.05) is 0 Å². The summed E-state index contributed by atoms with van der Waals surface area (Å²) in [7, 11) is 0. The number of carbonyl (C=O) groups is 2. The van der Waals surface area contributed by atoms with Gasteiger partial charge in [0.2, 0.25) is 5.91 Å². The first-order valence-corrected chi connectivity index (χ1v) is 5.28. The Hall–Kier alpha value is -1.10. The SMILES string of the molecule is CC1CCCC1NC(=O)C(N)CC(=O)O. The second-order valence-corrected chi connectivity index (χ2v) is 4.23. The second kappa shape index (κ2) is 5.11. The van der Waals surface area contributed by atoms with Gasteiger partial charge in [-0.25, -0.2) is 0 Å². The molecule has 1 aliphatic carbocycles. The molecule has 5 nitrogen and oxygen atoms in total. The molecular weight excluding hydrogens is 196 g/mol. The lowest BCUT2D eigenvalue weighted by molar-refractivity contribution is -0.139. The minimum absolute atomic E-state index is 0.164. The zero-order valence-electron chi connectivity index (χ0n) is 8.90. The van der Waals surface area contributed by atoms with Gasteiger partial charge in [-0.05, 0) is 18.8 Å². The van der Waals surface area contributed by atoms with Gasteiger partial charge in [-0.1, -0.05) is 13.3 Å². The number of hydrogen-bond acceptors (Lipinski definition) is 3. The summed E-state index contributed by atoms with van der Waals surface area (Å²) in [6.07, 6.45) is 2.87. The van der Waals surface area contributed by atoms with Crippen molar-refractivity contribution < 1.29 is 14.7 Å². The lowest BCUT2D eigenvalue weighted by atomic mass is 10.1. The number of carboxylic acids is 1. The molecule has 0 aromatic rings. The van der Waals surface area contributed by atoms with Crippen LogP contribution in [0.3, 0.4) is 0 Å². The van der Waals surface area contributed by atoms with Crippen LogP contribution in [0.1, 0.15) is 32.6 Å². The van der Waals surface area contributed by atoms with Gasteiger partial charge in [-0.2, -0.15) is 0 Å². The van der Waals surface area contributed by atoms with Crippen molar-refractivity contribution in [3.63, 3.8) is 0 Å². The molecular formula is C10H18N2O3. The Bertz CT molecular complexity index is 255. The lowest BCUT2D eigenvalue weighted by Gasteiger charge is -2.19. The van der Waals surface area contributed by atoms with E-state index in [1.165, 1.54) is 0 Å². The van der Waals surface area contributed by atoms with Crippen molar-refractivity contribution in [3.05, 3.63) is 0 Å². The molecule has 3 atom stereocenters. The highest BCUT2D eigenvalue weighted by atomic mass is 16.4.